The van der Waals surface area contributed by atoms with Gasteiger partial charge in [-0.05, 0) is 25.5 Å². The summed E-state index contributed by atoms with van der Waals surface area (Å²) >= 11 is 6.21. The predicted molar refractivity (Wildman–Crippen MR) is 95.6 cm³/mol. The number of aromatic nitrogens is 1. The lowest BCUT2D eigenvalue weighted by Crippen LogP contribution is -2.44. The third kappa shape index (κ3) is 5.26. The molecular weight excluding hydrogens is 330 g/mol. The van der Waals surface area contributed by atoms with Crippen LogP contribution in [-0.4, -0.2) is 56.2 Å². The zero-order chi connectivity index (χ0) is 17.4. The molecule has 1 atom stereocenters. The molecule has 1 aliphatic heterocycles. The van der Waals surface area contributed by atoms with Crippen molar-refractivity contribution in [2.45, 2.75) is 25.8 Å². The van der Waals surface area contributed by atoms with E-state index in [1.165, 1.54) is 7.11 Å². The van der Waals surface area contributed by atoms with E-state index in [1.807, 2.05) is 19.1 Å². The summed E-state index contributed by atoms with van der Waals surface area (Å²) in [5.41, 5.74) is 0. The Balaban J connectivity index is 1.90. The highest BCUT2D eigenvalue weighted by molar-refractivity contribution is 6.32. The Kier molecular flexibility index (Phi) is 7.11. The number of hydrogen-bond donors (Lipinski definition) is 2. The van der Waals surface area contributed by atoms with Crippen LogP contribution < -0.4 is 15.5 Å². The first-order valence-corrected chi connectivity index (χ1v) is 8.49. The summed E-state index contributed by atoms with van der Waals surface area (Å²) in [4.78, 5) is 22.1. The summed E-state index contributed by atoms with van der Waals surface area (Å²) in [5, 5.41) is 7.26. The van der Waals surface area contributed by atoms with Crippen molar-refractivity contribution in [3.05, 3.63) is 23.4 Å². The maximum atomic E-state index is 11.2. The van der Waals surface area contributed by atoms with E-state index in [0.717, 1.165) is 31.9 Å². The number of halogens is 1. The Hall–Kier alpha value is -2.02. The summed E-state index contributed by atoms with van der Waals surface area (Å²) in [7, 11) is 1.38. The Bertz CT molecular complexity index is 581. The minimum Gasteiger partial charge on any atom is -0.469 e. The van der Waals surface area contributed by atoms with E-state index in [1.54, 1.807) is 6.20 Å². The molecule has 8 heteroatoms. The number of guanidine groups is 1. The lowest BCUT2D eigenvalue weighted by atomic mass is 10.3. The van der Waals surface area contributed by atoms with Crippen LogP contribution in [0.3, 0.4) is 0 Å². The Morgan fingerprint density at radius 2 is 2.42 bits per heavy atom. The molecule has 1 aromatic rings. The molecule has 0 aliphatic carbocycles. The van der Waals surface area contributed by atoms with Crippen LogP contribution >= 0.6 is 11.6 Å². The lowest BCUT2D eigenvalue weighted by Gasteiger charge is -2.20. The van der Waals surface area contributed by atoms with Gasteiger partial charge in [-0.15, -0.1) is 0 Å². The first-order valence-electron chi connectivity index (χ1n) is 8.11. The Labute approximate surface area is 147 Å². The van der Waals surface area contributed by atoms with E-state index in [0.29, 0.717) is 17.5 Å². The quantitative estimate of drug-likeness (QED) is 0.457. The summed E-state index contributed by atoms with van der Waals surface area (Å²) in [6.07, 6.45) is 2.99. The molecule has 2 rings (SSSR count). The van der Waals surface area contributed by atoms with Crippen LogP contribution in [0, 0.1) is 0 Å². The second-order valence-electron chi connectivity index (χ2n) is 5.47. The molecule has 0 amide bonds. The number of methoxy groups -OCH3 is 1. The highest BCUT2D eigenvalue weighted by atomic mass is 35.5. The molecular formula is C16H24ClN5O2. The summed E-state index contributed by atoms with van der Waals surface area (Å²) in [5.74, 6) is 1.27. The molecule has 1 aromatic heterocycles. The summed E-state index contributed by atoms with van der Waals surface area (Å²) in [6.45, 7) is 4.84. The van der Waals surface area contributed by atoms with Gasteiger partial charge in [-0.25, -0.2) is 4.98 Å². The minimum absolute atomic E-state index is 0.249. The largest absolute Gasteiger partial charge is 0.469 e. The average Bonchev–Trinajstić information content (AvgIpc) is 3.03. The van der Waals surface area contributed by atoms with Crippen molar-refractivity contribution in [2.75, 3.05) is 38.2 Å². The number of anilines is 1. The summed E-state index contributed by atoms with van der Waals surface area (Å²) < 4.78 is 4.62. The maximum absolute atomic E-state index is 11.2. The van der Waals surface area contributed by atoms with Gasteiger partial charge in [0, 0.05) is 31.9 Å². The fraction of sp³-hybridized carbons (Fsp3) is 0.562. The zero-order valence-electron chi connectivity index (χ0n) is 14.1. The van der Waals surface area contributed by atoms with Gasteiger partial charge in [-0.1, -0.05) is 11.6 Å². The van der Waals surface area contributed by atoms with Gasteiger partial charge in [0.05, 0.1) is 25.1 Å². The minimum atomic E-state index is -0.258. The van der Waals surface area contributed by atoms with Gasteiger partial charge in [0.25, 0.3) is 0 Å². The smallest absolute Gasteiger partial charge is 0.307 e. The molecule has 132 valence electrons. The van der Waals surface area contributed by atoms with Crippen molar-refractivity contribution in [2.24, 2.45) is 4.99 Å². The van der Waals surface area contributed by atoms with Crippen LogP contribution in [0.2, 0.25) is 5.02 Å². The number of pyridine rings is 1. The van der Waals surface area contributed by atoms with E-state index >= 15 is 0 Å². The molecule has 0 bridgehead atoms. The monoisotopic (exact) mass is 353 g/mol. The molecule has 0 aromatic carbocycles. The van der Waals surface area contributed by atoms with Gasteiger partial charge in [0.15, 0.2) is 5.96 Å². The molecule has 7 nitrogen and oxygen atoms in total. The number of carbonyl (C=O) groups is 1. The number of esters is 1. The molecule has 2 N–H and O–H groups in total. The van der Waals surface area contributed by atoms with Crippen LogP contribution in [0.1, 0.15) is 19.8 Å². The molecule has 1 saturated heterocycles. The van der Waals surface area contributed by atoms with Crippen molar-refractivity contribution in [1.29, 1.82) is 0 Å². The summed E-state index contributed by atoms with van der Waals surface area (Å²) in [6, 6.07) is 3.93. The van der Waals surface area contributed by atoms with Gasteiger partial charge in [-0.3, -0.25) is 9.79 Å². The number of hydrogen-bond acceptors (Lipinski definition) is 5. The van der Waals surface area contributed by atoms with Crippen LogP contribution in [-0.2, 0) is 9.53 Å². The lowest BCUT2D eigenvalue weighted by molar-refractivity contribution is -0.140. The van der Waals surface area contributed by atoms with E-state index in [-0.39, 0.29) is 18.4 Å². The zero-order valence-corrected chi connectivity index (χ0v) is 14.8. The normalized spacial score (nSPS) is 17.7. The van der Waals surface area contributed by atoms with Gasteiger partial charge >= 0.3 is 5.97 Å². The highest BCUT2D eigenvalue weighted by Gasteiger charge is 2.25. The second kappa shape index (κ2) is 9.32. The van der Waals surface area contributed by atoms with Crippen molar-refractivity contribution >= 4 is 29.3 Å². The van der Waals surface area contributed by atoms with Crippen molar-refractivity contribution in [3.8, 4) is 0 Å². The van der Waals surface area contributed by atoms with Gasteiger partial charge < -0.3 is 20.3 Å². The van der Waals surface area contributed by atoms with Crippen LogP contribution in [0.15, 0.2) is 23.3 Å². The number of nitrogens with one attached hydrogen (secondary N) is 2. The highest BCUT2D eigenvalue weighted by Crippen LogP contribution is 2.25. The topological polar surface area (TPSA) is 78.8 Å². The van der Waals surface area contributed by atoms with Gasteiger partial charge in [0.2, 0.25) is 0 Å². The molecule has 1 aliphatic rings. The number of aliphatic imine (C=N–C) groups is 1. The maximum Gasteiger partial charge on any atom is 0.307 e. The molecule has 0 saturated carbocycles. The van der Waals surface area contributed by atoms with Gasteiger partial charge in [-0.2, -0.15) is 0 Å². The van der Waals surface area contributed by atoms with Crippen molar-refractivity contribution < 1.29 is 9.53 Å². The Morgan fingerprint density at radius 1 is 1.58 bits per heavy atom. The van der Waals surface area contributed by atoms with E-state index < -0.39 is 0 Å². The number of nitrogens with zero attached hydrogens (tertiary/aromatic N) is 3. The standard InChI is InChI=1S/C16H24ClN5O2/c1-3-18-16(20-9-6-14(23)24-2)21-12-7-10-22(11-12)15-13(17)5-4-8-19-15/h4-5,8,12H,3,6-7,9-11H2,1-2H3,(H2,18,20,21). The van der Waals surface area contributed by atoms with Crippen LogP contribution in [0.25, 0.3) is 0 Å². The van der Waals surface area contributed by atoms with Crippen LogP contribution in [0.5, 0.6) is 0 Å². The van der Waals surface area contributed by atoms with E-state index in [4.69, 9.17) is 11.6 Å². The van der Waals surface area contributed by atoms with E-state index in [2.05, 4.69) is 30.2 Å². The Morgan fingerprint density at radius 3 is 3.12 bits per heavy atom. The molecule has 0 radical (unpaired) electrons. The SMILES string of the molecule is CCNC(=NCCC(=O)OC)NC1CCN(c2ncccc2Cl)C1. The number of carbonyl (C=O) groups excluding carboxylic acids is 1. The third-order valence-electron chi connectivity index (χ3n) is 3.73. The first kappa shape index (κ1) is 18.3. The molecule has 0 spiro atoms. The van der Waals surface area contributed by atoms with Crippen LogP contribution in [0.4, 0.5) is 5.82 Å². The molecule has 1 fully saturated rings. The average molecular weight is 354 g/mol. The molecule has 24 heavy (non-hydrogen) atoms. The predicted octanol–water partition coefficient (Wildman–Crippen LogP) is 1.43. The van der Waals surface area contributed by atoms with Crippen molar-refractivity contribution in [3.63, 3.8) is 0 Å². The fourth-order valence-corrected chi connectivity index (χ4v) is 2.80. The third-order valence-corrected chi connectivity index (χ3v) is 4.02. The first-order chi connectivity index (χ1) is 11.6. The number of rotatable bonds is 6. The van der Waals surface area contributed by atoms with Crippen molar-refractivity contribution in [1.82, 2.24) is 15.6 Å². The molecule has 1 unspecified atom stereocenters. The fourth-order valence-electron chi connectivity index (χ4n) is 2.55. The van der Waals surface area contributed by atoms with Gasteiger partial charge in [0.1, 0.15) is 5.82 Å². The second-order valence-corrected chi connectivity index (χ2v) is 5.88. The number of ether oxygens (including phenoxy) is 1. The van der Waals surface area contributed by atoms with E-state index in [9.17, 15) is 4.79 Å². The molecule has 2 heterocycles.